The maximum Gasteiger partial charge on any atom is 0.330 e. The number of methoxy groups -OCH3 is 1. The highest BCUT2D eigenvalue weighted by Crippen LogP contribution is 2.44. The first-order valence-corrected chi connectivity index (χ1v) is 30.1. The largest absolute Gasteiger partial charge is 0.466 e. The van der Waals surface area contributed by atoms with Gasteiger partial charge in [0, 0.05) is 24.5 Å². The highest BCUT2D eigenvalue weighted by Gasteiger charge is 2.48. The number of hydrogen-bond donors (Lipinski definition) is 0. The molecule has 1 aliphatic rings. The molecule has 0 unspecified atom stereocenters. The summed E-state index contributed by atoms with van der Waals surface area (Å²) in [4.78, 5) is 24.9. The second-order valence-electron chi connectivity index (χ2n) is 19.6. The van der Waals surface area contributed by atoms with Crippen molar-refractivity contribution in [1.82, 2.24) is 0 Å². The summed E-state index contributed by atoms with van der Waals surface area (Å²) in [6.07, 6.45) is 23.6. The van der Waals surface area contributed by atoms with Crippen LogP contribution in [0.5, 0.6) is 0 Å². The molecule has 0 radical (unpaired) electrons. The Hall–Kier alpha value is -2.09. The van der Waals surface area contributed by atoms with Crippen LogP contribution >= 0.6 is 0 Å². The van der Waals surface area contributed by atoms with Crippen molar-refractivity contribution >= 4 is 36.9 Å². The molecule has 57 heavy (non-hydrogen) atoms. The van der Waals surface area contributed by atoms with Gasteiger partial charge in [-0.05, 0) is 100 Å². The molecule has 1 heterocycles. The smallest absolute Gasteiger partial charge is 0.330 e. The molecule has 0 saturated heterocycles. The van der Waals surface area contributed by atoms with E-state index in [0.717, 1.165) is 43.3 Å². The molecule has 0 amide bonds. The molecular weight excluding hydrogens is 761 g/mol. The van der Waals surface area contributed by atoms with Gasteiger partial charge in [-0.3, -0.25) is 0 Å². The van der Waals surface area contributed by atoms with E-state index in [4.69, 9.17) is 22.8 Å². The van der Waals surface area contributed by atoms with Gasteiger partial charge >= 0.3 is 11.9 Å². The molecule has 0 fully saturated rings. The minimum absolute atomic E-state index is 0.0558. The van der Waals surface area contributed by atoms with E-state index in [9.17, 15) is 9.59 Å². The SMILES string of the molecule is COC(=O)/C=C/C(C)=C/[C@H](C)[C@@H]1C/C(C)=C/C=C/CC[C@H](O[Si](C)(C)C)[C@H](O[Si](C(C)C)(C(C)C)C(C)C)/C=C/[C@H](O[Si](C)(C)C(C)(C)C)CCC/C=C/C(=O)O1. The molecule has 5 atom stereocenters. The third-order valence-electron chi connectivity index (χ3n) is 11.5. The summed E-state index contributed by atoms with van der Waals surface area (Å²) in [5.41, 5.74) is 3.31. The first-order valence-electron chi connectivity index (χ1n) is 21.6. The van der Waals surface area contributed by atoms with Gasteiger partial charge in [-0.1, -0.05) is 129 Å². The lowest BCUT2D eigenvalue weighted by Crippen LogP contribution is -2.53. The van der Waals surface area contributed by atoms with Crippen LogP contribution in [0.4, 0.5) is 0 Å². The molecule has 10 heteroatoms. The number of cyclic esters (lactones) is 1. The zero-order valence-corrected chi connectivity index (χ0v) is 42.5. The van der Waals surface area contributed by atoms with E-state index < -0.39 is 30.9 Å². The maximum atomic E-state index is 13.2. The molecule has 0 aromatic carbocycles. The van der Waals surface area contributed by atoms with Gasteiger partial charge in [0.2, 0.25) is 8.32 Å². The third-order valence-corrected chi connectivity index (χ3v) is 23.1. The second kappa shape index (κ2) is 24.2. The first-order chi connectivity index (χ1) is 26.2. The average molecular weight is 845 g/mol. The zero-order valence-electron chi connectivity index (χ0n) is 39.5. The van der Waals surface area contributed by atoms with E-state index in [1.165, 1.54) is 13.2 Å². The Morgan fingerprint density at radius 2 is 1.47 bits per heavy atom. The minimum Gasteiger partial charge on any atom is -0.466 e. The number of carbonyl (C=O) groups is 2. The Morgan fingerprint density at radius 1 is 0.860 bits per heavy atom. The molecule has 1 aliphatic heterocycles. The number of allylic oxidation sites excluding steroid dienone is 6. The van der Waals surface area contributed by atoms with Crippen LogP contribution in [0.3, 0.4) is 0 Å². The van der Waals surface area contributed by atoms with E-state index in [0.29, 0.717) is 23.0 Å². The predicted octanol–water partition coefficient (Wildman–Crippen LogP) is 13.4. The van der Waals surface area contributed by atoms with E-state index in [2.05, 4.69) is 132 Å². The van der Waals surface area contributed by atoms with Gasteiger partial charge in [0.05, 0.1) is 25.4 Å². The Bertz CT molecular complexity index is 1400. The molecule has 0 N–H and O–H groups in total. The molecule has 0 spiro atoms. The van der Waals surface area contributed by atoms with Crippen LogP contribution in [0.2, 0.25) is 54.4 Å². The highest BCUT2D eigenvalue weighted by atomic mass is 28.4. The van der Waals surface area contributed by atoms with Crippen molar-refractivity contribution < 1.29 is 32.3 Å². The summed E-state index contributed by atoms with van der Waals surface area (Å²) < 4.78 is 32.7. The standard InChI is InChI=1S/C47H84O7Si3/c1-35(2)57(36(3)4,37(5)6)54-43-31-30-41(52-56(17,18)47(10,11)12)26-22-20-24-28-46(49)51-44(40(9)33-39(8)29-32-45(48)50-13)34-38(7)25-21-19-23-27-42(43)53-55(14,15)16/h19,21,24-25,28-33,35-37,40-44H,20,22-23,26-27,34H2,1-18H3/b21-19+,28-24+,31-30+,32-29+,38-25+,39-33+/t40-,41+,42-,43+,44-/m0/s1. The summed E-state index contributed by atoms with van der Waals surface area (Å²) in [7, 11) is -5.02. The van der Waals surface area contributed by atoms with Crippen molar-refractivity contribution in [2.24, 2.45) is 5.92 Å². The second-order valence-corrected chi connectivity index (χ2v) is 34.3. The van der Waals surface area contributed by atoms with Crippen LogP contribution < -0.4 is 0 Å². The number of hydrogen-bond acceptors (Lipinski definition) is 7. The first kappa shape index (κ1) is 52.9. The van der Waals surface area contributed by atoms with Crippen LogP contribution in [0.1, 0.15) is 122 Å². The summed E-state index contributed by atoms with van der Waals surface area (Å²) in [6, 6.07) is 0. The van der Waals surface area contributed by atoms with Crippen molar-refractivity contribution in [1.29, 1.82) is 0 Å². The number of carbonyl (C=O) groups excluding carboxylic acids is 2. The highest BCUT2D eigenvalue weighted by molar-refractivity contribution is 6.77. The van der Waals surface area contributed by atoms with Crippen LogP contribution in [-0.2, 0) is 32.3 Å². The van der Waals surface area contributed by atoms with Gasteiger partial charge in [-0.2, -0.15) is 0 Å². The lowest BCUT2D eigenvalue weighted by atomic mass is 9.95. The lowest BCUT2D eigenvalue weighted by molar-refractivity contribution is -0.144. The molecule has 0 aromatic heterocycles. The Morgan fingerprint density at radius 3 is 2.02 bits per heavy atom. The van der Waals surface area contributed by atoms with Crippen LogP contribution in [0, 0.1) is 5.92 Å². The lowest BCUT2D eigenvalue weighted by Gasteiger charge is -2.46. The van der Waals surface area contributed by atoms with Gasteiger partial charge in [-0.25, -0.2) is 9.59 Å². The van der Waals surface area contributed by atoms with Crippen molar-refractivity contribution in [2.75, 3.05) is 7.11 Å². The summed E-state index contributed by atoms with van der Waals surface area (Å²) in [5, 5.41) is 0.0558. The molecule has 0 bridgehead atoms. The average Bonchev–Trinajstić information content (AvgIpc) is 3.07. The van der Waals surface area contributed by atoms with Gasteiger partial charge in [-0.15, -0.1) is 0 Å². The molecule has 1 rings (SSSR count). The zero-order chi connectivity index (χ0) is 43.8. The third kappa shape index (κ3) is 18.8. The quantitative estimate of drug-likeness (QED) is 0.0600. The molecule has 7 nitrogen and oxygen atoms in total. The van der Waals surface area contributed by atoms with E-state index >= 15 is 0 Å². The fraction of sp³-hybridized carbons (Fsp3) is 0.702. The van der Waals surface area contributed by atoms with Crippen LogP contribution in [0.15, 0.2) is 71.9 Å². The molecule has 0 aromatic rings. The molecule has 0 aliphatic carbocycles. The number of ether oxygens (including phenoxy) is 2. The van der Waals surface area contributed by atoms with Crippen molar-refractivity contribution in [3.63, 3.8) is 0 Å². The maximum absolute atomic E-state index is 13.2. The topological polar surface area (TPSA) is 80.3 Å². The minimum atomic E-state index is -2.29. The van der Waals surface area contributed by atoms with Crippen molar-refractivity contribution in [2.45, 2.75) is 200 Å². The van der Waals surface area contributed by atoms with Gasteiger partial charge in [0.1, 0.15) is 6.10 Å². The summed E-state index contributed by atoms with van der Waals surface area (Å²) >= 11 is 0. The van der Waals surface area contributed by atoms with E-state index in [-0.39, 0.29) is 41.3 Å². The van der Waals surface area contributed by atoms with Gasteiger partial charge in [0.15, 0.2) is 16.6 Å². The Labute approximate surface area is 353 Å². The molecule has 326 valence electrons. The summed E-state index contributed by atoms with van der Waals surface area (Å²) in [5.74, 6) is -0.854. The van der Waals surface area contributed by atoms with E-state index in [1.807, 2.05) is 26.0 Å². The van der Waals surface area contributed by atoms with Crippen LogP contribution in [-0.4, -0.2) is 68.4 Å². The monoisotopic (exact) mass is 845 g/mol. The Kier molecular flexibility index (Phi) is 22.5. The fourth-order valence-corrected chi connectivity index (χ4v) is 15.6. The summed E-state index contributed by atoms with van der Waals surface area (Å²) in [6.45, 7) is 38.5. The number of rotatable bonds is 13. The van der Waals surface area contributed by atoms with Crippen molar-refractivity contribution in [3.05, 3.63) is 71.9 Å². The van der Waals surface area contributed by atoms with Gasteiger partial charge < -0.3 is 22.8 Å². The number of esters is 2. The van der Waals surface area contributed by atoms with E-state index in [1.54, 1.807) is 12.2 Å². The van der Waals surface area contributed by atoms with Crippen LogP contribution in [0.25, 0.3) is 0 Å². The van der Waals surface area contributed by atoms with Gasteiger partial charge in [0.25, 0.3) is 0 Å². The molecular formula is C47H84O7Si3. The predicted molar refractivity (Wildman–Crippen MR) is 249 cm³/mol. The molecule has 0 saturated carbocycles. The van der Waals surface area contributed by atoms with Crippen molar-refractivity contribution in [3.8, 4) is 0 Å². The fourth-order valence-electron chi connectivity index (χ4n) is 7.57. The normalized spacial score (nSPS) is 25.5. The Balaban J connectivity index is 3.82.